The Morgan fingerprint density at radius 2 is 2.10 bits per heavy atom. The number of hydrogen-bond acceptors (Lipinski definition) is 4. The fourth-order valence-corrected chi connectivity index (χ4v) is 1.80. The lowest BCUT2D eigenvalue weighted by molar-refractivity contribution is 0.0697. The highest BCUT2D eigenvalue weighted by molar-refractivity contribution is 5.90. The second-order valence-corrected chi connectivity index (χ2v) is 4.19. The van der Waals surface area contributed by atoms with Crippen LogP contribution in [0.5, 0.6) is 5.75 Å². The lowest BCUT2D eigenvalue weighted by atomic mass is 10.1. The van der Waals surface area contributed by atoms with Gasteiger partial charge in [-0.05, 0) is 37.3 Å². The number of nitrogens with two attached hydrogens (primary N) is 1. The monoisotopic (exact) mass is 272 g/mol. The normalized spacial score (nSPS) is 10.1. The Bertz CT molecular complexity index is 626. The van der Waals surface area contributed by atoms with E-state index in [9.17, 15) is 4.79 Å². The van der Waals surface area contributed by atoms with E-state index in [1.165, 1.54) is 12.1 Å². The van der Waals surface area contributed by atoms with Crippen LogP contribution >= 0.6 is 0 Å². The van der Waals surface area contributed by atoms with Gasteiger partial charge in [-0.15, -0.1) is 0 Å². The molecule has 5 heteroatoms. The zero-order valence-corrected chi connectivity index (χ0v) is 11.1. The van der Waals surface area contributed by atoms with Crippen LogP contribution in [-0.4, -0.2) is 17.7 Å². The first-order valence-corrected chi connectivity index (χ1v) is 6.23. The molecule has 0 saturated heterocycles. The quantitative estimate of drug-likeness (QED) is 0.728. The van der Waals surface area contributed by atoms with Gasteiger partial charge in [-0.1, -0.05) is 6.07 Å². The van der Waals surface area contributed by atoms with Gasteiger partial charge >= 0.3 is 5.97 Å². The van der Waals surface area contributed by atoms with Crippen molar-refractivity contribution in [3.63, 3.8) is 0 Å². The Balaban J connectivity index is 2.21. The first kappa shape index (κ1) is 13.7. The summed E-state index contributed by atoms with van der Waals surface area (Å²) < 4.78 is 5.42. The lowest BCUT2D eigenvalue weighted by Crippen LogP contribution is -2.01. The van der Waals surface area contributed by atoms with Gasteiger partial charge in [0.1, 0.15) is 5.75 Å². The van der Waals surface area contributed by atoms with Crippen LogP contribution in [0.1, 0.15) is 17.3 Å². The summed E-state index contributed by atoms with van der Waals surface area (Å²) in [5, 5.41) is 12.0. The van der Waals surface area contributed by atoms with Gasteiger partial charge in [0.15, 0.2) is 0 Å². The molecule has 0 radical (unpaired) electrons. The molecule has 0 saturated carbocycles. The molecule has 20 heavy (non-hydrogen) atoms. The molecule has 0 aromatic heterocycles. The first-order valence-electron chi connectivity index (χ1n) is 6.23. The molecule has 0 heterocycles. The molecule has 0 spiro atoms. The fourth-order valence-electron chi connectivity index (χ4n) is 1.80. The molecule has 0 bridgehead atoms. The van der Waals surface area contributed by atoms with Gasteiger partial charge in [-0.25, -0.2) is 4.79 Å². The number of benzene rings is 2. The molecule has 0 fully saturated rings. The van der Waals surface area contributed by atoms with Gasteiger partial charge in [-0.3, -0.25) is 0 Å². The Morgan fingerprint density at radius 1 is 1.30 bits per heavy atom. The van der Waals surface area contributed by atoms with Gasteiger partial charge in [0.25, 0.3) is 0 Å². The Kier molecular flexibility index (Phi) is 4.10. The van der Waals surface area contributed by atoms with Crippen molar-refractivity contribution >= 4 is 23.0 Å². The van der Waals surface area contributed by atoms with Crippen molar-refractivity contribution < 1.29 is 14.6 Å². The molecule has 0 atom stereocenters. The van der Waals surface area contributed by atoms with E-state index in [0.717, 1.165) is 11.4 Å². The van der Waals surface area contributed by atoms with Crippen molar-refractivity contribution in [1.82, 2.24) is 0 Å². The van der Waals surface area contributed by atoms with Gasteiger partial charge in [0.05, 0.1) is 23.5 Å². The summed E-state index contributed by atoms with van der Waals surface area (Å²) in [6, 6.07) is 12.1. The van der Waals surface area contributed by atoms with E-state index in [-0.39, 0.29) is 5.56 Å². The summed E-state index contributed by atoms with van der Waals surface area (Å²) in [5.41, 5.74) is 7.87. The number of ether oxygens (including phenoxy) is 1. The number of nitrogens with one attached hydrogen (secondary N) is 1. The Hall–Kier alpha value is -2.69. The fraction of sp³-hybridized carbons (Fsp3) is 0.133. The van der Waals surface area contributed by atoms with Crippen molar-refractivity contribution in [2.75, 3.05) is 17.7 Å². The van der Waals surface area contributed by atoms with E-state index in [1.807, 2.05) is 31.2 Å². The number of rotatable bonds is 5. The van der Waals surface area contributed by atoms with Crippen LogP contribution < -0.4 is 15.8 Å². The lowest BCUT2D eigenvalue weighted by Gasteiger charge is -2.11. The largest absolute Gasteiger partial charge is 0.494 e. The molecule has 2 rings (SSSR count). The smallest absolute Gasteiger partial charge is 0.335 e. The zero-order valence-electron chi connectivity index (χ0n) is 11.1. The van der Waals surface area contributed by atoms with Crippen molar-refractivity contribution in [3.05, 3.63) is 48.0 Å². The average molecular weight is 272 g/mol. The van der Waals surface area contributed by atoms with E-state index in [0.29, 0.717) is 18.0 Å². The van der Waals surface area contributed by atoms with Crippen molar-refractivity contribution in [2.24, 2.45) is 0 Å². The van der Waals surface area contributed by atoms with Crippen LogP contribution in [-0.2, 0) is 0 Å². The van der Waals surface area contributed by atoms with Crippen molar-refractivity contribution in [1.29, 1.82) is 0 Å². The van der Waals surface area contributed by atoms with E-state index in [2.05, 4.69) is 5.32 Å². The molecule has 4 N–H and O–H groups in total. The molecular weight excluding hydrogens is 256 g/mol. The SMILES string of the molecule is CCOc1cccc(Nc2ccc(C(=O)O)cc2N)c1. The summed E-state index contributed by atoms with van der Waals surface area (Å²) >= 11 is 0. The molecule has 2 aromatic carbocycles. The Morgan fingerprint density at radius 3 is 2.75 bits per heavy atom. The molecule has 0 aliphatic rings. The zero-order chi connectivity index (χ0) is 14.5. The van der Waals surface area contributed by atoms with E-state index >= 15 is 0 Å². The minimum absolute atomic E-state index is 0.163. The van der Waals surface area contributed by atoms with Gasteiger partial charge < -0.3 is 20.9 Å². The number of anilines is 3. The summed E-state index contributed by atoms with van der Waals surface area (Å²) in [6.45, 7) is 2.52. The maximum absolute atomic E-state index is 10.8. The van der Waals surface area contributed by atoms with E-state index in [1.54, 1.807) is 6.07 Å². The van der Waals surface area contributed by atoms with E-state index in [4.69, 9.17) is 15.6 Å². The third-order valence-corrected chi connectivity index (χ3v) is 2.72. The molecule has 2 aromatic rings. The maximum atomic E-state index is 10.8. The molecule has 0 aliphatic carbocycles. The van der Waals surface area contributed by atoms with Gasteiger partial charge in [-0.2, -0.15) is 0 Å². The number of aromatic carboxylic acids is 1. The number of carbonyl (C=O) groups is 1. The second-order valence-electron chi connectivity index (χ2n) is 4.19. The van der Waals surface area contributed by atoms with Crippen LogP contribution in [0.3, 0.4) is 0 Å². The number of nitrogen functional groups attached to an aromatic ring is 1. The molecule has 5 nitrogen and oxygen atoms in total. The summed E-state index contributed by atoms with van der Waals surface area (Å²) in [4.78, 5) is 10.8. The standard InChI is InChI=1S/C15H16N2O3/c1-2-20-12-5-3-4-11(9-12)17-14-7-6-10(15(18)19)8-13(14)16/h3-9,17H,2,16H2,1H3,(H,18,19). The van der Waals surface area contributed by atoms with Crippen molar-refractivity contribution in [3.8, 4) is 5.75 Å². The highest BCUT2D eigenvalue weighted by Gasteiger charge is 2.06. The molecule has 0 amide bonds. The topological polar surface area (TPSA) is 84.6 Å². The van der Waals surface area contributed by atoms with Gasteiger partial charge in [0.2, 0.25) is 0 Å². The molecular formula is C15H16N2O3. The highest BCUT2D eigenvalue weighted by atomic mass is 16.5. The molecule has 0 aliphatic heterocycles. The number of carboxylic acids is 1. The Labute approximate surface area is 117 Å². The molecule has 0 unspecified atom stereocenters. The van der Waals surface area contributed by atoms with Crippen LogP contribution in [0.4, 0.5) is 17.1 Å². The summed E-state index contributed by atoms with van der Waals surface area (Å²) in [6.07, 6.45) is 0. The van der Waals surface area contributed by atoms with Crippen LogP contribution in [0, 0.1) is 0 Å². The third-order valence-electron chi connectivity index (χ3n) is 2.72. The minimum Gasteiger partial charge on any atom is -0.494 e. The van der Waals surface area contributed by atoms with E-state index < -0.39 is 5.97 Å². The third kappa shape index (κ3) is 3.20. The predicted molar refractivity (Wildman–Crippen MR) is 78.7 cm³/mol. The molecule has 104 valence electrons. The summed E-state index contributed by atoms with van der Waals surface area (Å²) in [5.74, 6) is -0.236. The number of carboxylic acid groups (broad SMARTS) is 1. The predicted octanol–water partition coefficient (Wildman–Crippen LogP) is 3.11. The van der Waals surface area contributed by atoms with Crippen LogP contribution in [0.15, 0.2) is 42.5 Å². The first-order chi connectivity index (χ1) is 9.60. The maximum Gasteiger partial charge on any atom is 0.335 e. The van der Waals surface area contributed by atoms with Crippen molar-refractivity contribution in [2.45, 2.75) is 6.92 Å². The summed E-state index contributed by atoms with van der Waals surface area (Å²) in [7, 11) is 0. The van der Waals surface area contributed by atoms with Gasteiger partial charge in [0, 0.05) is 11.8 Å². The average Bonchev–Trinajstić information content (AvgIpc) is 2.42. The highest BCUT2D eigenvalue weighted by Crippen LogP contribution is 2.26. The van der Waals surface area contributed by atoms with Crippen LogP contribution in [0.2, 0.25) is 0 Å². The van der Waals surface area contributed by atoms with Crippen LogP contribution in [0.25, 0.3) is 0 Å². The second kappa shape index (κ2) is 5.97. The number of hydrogen-bond donors (Lipinski definition) is 3. The minimum atomic E-state index is -0.999.